The fourth-order valence-corrected chi connectivity index (χ4v) is 3.98. The van der Waals surface area contributed by atoms with Gasteiger partial charge in [-0.25, -0.2) is 0 Å². The van der Waals surface area contributed by atoms with Crippen molar-refractivity contribution in [3.05, 3.63) is 80.3 Å². The van der Waals surface area contributed by atoms with Gasteiger partial charge in [0.1, 0.15) is 0 Å². The number of hydrogen-bond donors (Lipinski definition) is 1. The summed E-state index contributed by atoms with van der Waals surface area (Å²) >= 11 is 5.80. The number of thiol groups is 1. The standard InChI is InChI=1S/C19H14N2OS2/c22-19-21(12-13-6-2-1-3-7-13)18(23)17(24-19)10-14-11-20-16-9-5-4-8-15(14)16/h1-11,23H,12H2/b14-10+. The number of thiazole rings is 1. The Hall–Kier alpha value is -2.37. The number of allylic oxidation sites excluding steroid dienone is 1. The highest BCUT2D eigenvalue weighted by atomic mass is 32.1. The summed E-state index contributed by atoms with van der Waals surface area (Å²) in [6.07, 6.45) is 3.83. The Labute approximate surface area is 149 Å². The van der Waals surface area contributed by atoms with E-state index in [1.54, 1.807) is 4.57 Å². The molecule has 0 saturated heterocycles. The summed E-state index contributed by atoms with van der Waals surface area (Å²) in [5, 5.41) is 0.694. The molecule has 5 heteroatoms. The molecule has 0 unspecified atom stereocenters. The molecule has 0 aliphatic carbocycles. The minimum atomic E-state index is -0.000996. The van der Waals surface area contributed by atoms with Crippen LogP contribution in [0.25, 0.3) is 11.6 Å². The minimum absolute atomic E-state index is 0.000996. The molecule has 1 aliphatic heterocycles. The Bertz CT molecular complexity index is 1010. The maximum absolute atomic E-state index is 12.4. The van der Waals surface area contributed by atoms with Crippen LogP contribution in [0, 0.1) is 0 Å². The monoisotopic (exact) mass is 350 g/mol. The summed E-state index contributed by atoms with van der Waals surface area (Å²) < 4.78 is 1.70. The van der Waals surface area contributed by atoms with Crippen LogP contribution < -0.4 is 4.87 Å². The van der Waals surface area contributed by atoms with Crippen LogP contribution in [0.5, 0.6) is 0 Å². The van der Waals surface area contributed by atoms with E-state index in [4.69, 9.17) is 0 Å². The molecule has 2 heterocycles. The molecule has 1 aliphatic rings. The van der Waals surface area contributed by atoms with Gasteiger partial charge in [0.25, 0.3) is 0 Å². The Kier molecular flexibility index (Phi) is 3.96. The maximum atomic E-state index is 12.4. The number of aliphatic imine (C=N–C) groups is 1. The van der Waals surface area contributed by atoms with Crippen molar-refractivity contribution < 1.29 is 0 Å². The van der Waals surface area contributed by atoms with Gasteiger partial charge in [-0.3, -0.25) is 14.4 Å². The predicted octanol–water partition coefficient (Wildman–Crippen LogP) is 4.50. The molecule has 4 rings (SSSR count). The highest BCUT2D eigenvalue weighted by Crippen LogP contribution is 2.33. The van der Waals surface area contributed by atoms with E-state index in [-0.39, 0.29) is 4.87 Å². The lowest BCUT2D eigenvalue weighted by Gasteiger charge is -2.04. The van der Waals surface area contributed by atoms with E-state index in [0.717, 1.165) is 27.3 Å². The molecule has 2 aromatic carbocycles. The molecule has 0 N–H and O–H groups in total. The first kappa shape index (κ1) is 15.2. The van der Waals surface area contributed by atoms with E-state index in [0.29, 0.717) is 11.6 Å². The Morgan fingerprint density at radius 2 is 1.83 bits per heavy atom. The minimum Gasteiger partial charge on any atom is -0.289 e. The zero-order valence-electron chi connectivity index (χ0n) is 12.7. The average Bonchev–Trinajstić information content (AvgIpc) is 3.13. The molecule has 3 nitrogen and oxygen atoms in total. The number of benzene rings is 2. The van der Waals surface area contributed by atoms with E-state index in [2.05, 4.69) is 17.6 Å². The van der Waals surface area contributed by atoms with Gasteiger partial charge >= 0.3 is 4.87 Å². The molecule has 0 atom stereocenters. The predicted molar refractivity (Wildman–Crippen MR) is 104 cm³/mol. The smallest absolute Gasteiger partial charge is 0.289 e. The summed E-state index contributed by atoms with van der Waals surface area (Å²) in [4.78, 5) is 17.6. The number of para-hydroxylation sites is 1. The van der Waals surface area contributed by atoms with E-state index < -0.39 is 0 Å². The number of nitrogens with zero attached hydrogens (tertiary/aromatic N) is 2. The summed E-state index contributed by atoms with van der Waals surface area (Å²) in [7, 11) is 0. The van der Waals surface area contributed by atoms with E-state index >= 15 is 0 Å². The fraction of sp³-hybridized carbons (Fsp3) is 0.0526. The van der Waals surface area contributed by atoms with Crippen molar-refractivity contribution in [2.45, 2.75) is 11.6 Å². The third-order valence-electron chi connectivity index (χ3n) is 3.92. The van der Waals surface area contributed by atoms with Crippen LogP contribution >= 0.6 is 24.0 Å². The van der Waals surface area contributed by atoms with Crippen LogP contribution in [0.1, 0.15) is 16.0 Å². The van der Waals surface area contributed by atoms with Gasteiger partial charge in [-0.1, -0.05) is 59.9 Å². The summed E-state index contributed by atoms with van der Waals surface area (Å²) in [6.45, 7) is 0.531. The van der Waals surface area contributed by atoms with Crippen LogP contribution in [0.2, 0.25) is 0 Å². The second-order valence-corrected chi connectivity index (χ2v) is 6.92. The first-order valence-corrected chi connectivity index (χ1v) is 8.80. The molecule has 0 fully saturated rings. The topological polar surface area (TPSA) is 34.4 Å². The molecule has 0 bridgehead atoms. The van der Waals surface area contributed by atoms with E-state index in [1.165, 1.54) is 11.3 Å². The summed E-state index contributed by atoms with van der Waals surface area (Å²) in [5.74, 6) is 0. The van der Waals surface area contributed by atoms with Crippen molar-refractivity contribution >= 4 is 47.5 Å². The normalized spacial score (nSPS) is 14.3. The average molecular weight is 350 g/mol. The largest absolute Gasteiger partial charge is 0.308 e. The second-order valence-electron chi connectivity index (χ2n) is 5.50. The molecule has 0 spiro atoms. The van der Waals surface area contributed by atoms with Gasteiger partial charge < -0.3 is 0 Å². The van der Waals surface area contributed by atoms with Crippen molar-refractivity contribution in [1.29, 1.82) is 0 Å². The number of aromatic nitrogens is 1. The molecule has 24 heavy (non-hydrogen) atoms. The molecule has 0 radical (unpaired) electrons. The molecule has 0 amide bonds. The third-order valence-corrected chi connectivity index (χ3v) is 5.48. The van der Waals surface area contributed by atoms with Gasteiger partial charge in [-0.2, -0.15) is 0 Å². The highest BCUT2D eigenvalue weighted by Gasteiger charge is 2.15. The van der Waals surface area contributed by atoms with Crippen LogP contribution in [0.4, 0.5) is 5.69 Å². The quantitative estimate of drug-likeness (QED) is 0.693. The van der Waals surface area contributed by atoms with Gasteiger partial charge in [0, 0.05) is 17.4 Å². The molecular formula is C19H14N2OS2. The van der Waals surface area contributed by atoms with Gasteiger partial charge in [0.2, 0.25) is 0 Å². The van der Waals surface area contributed by atoms with Gasteiger partial charge in [-0.05, 0) is 17.7 Å². The van der Waals surface area contributed by atoms with Crippen LogP contribution in [0.15, 0.2) is 69.4 Å². The summed E-state index contributed by atoms with van der Waals surface area (Å²) in [5.41, 5.74) is 4.13. The first-order chi connectivity index (χ1) is 11.7. The highest BCUT2D eigenvalue weighted by molar-refractivity contribution is 7.80. The number of fused-ring (bicyclic) bond motifs is 1. The summed E-state index contributed by atoms with van der Waals surface area (Å²) in [6, 6.07) is 17.9. The van der Waals surface area contributed by atoms with E-state index in [1.807, 2.05) is 66.9 Å². The van der Waals surface area contributed by atoms with Crippen molar-refractivity contribution in [2.75, 3.05) is 0 Å². The van der Waals surface area contributed by atoms with Gasteiger partial charge in [0.05, 0.1) is 22.1 Å². The van der Waals surface area contributed by atoms with Crippen molar-refractivity contribution in [2.24, 2.45) is 4.99 Å². The van der Waals surface area contributed by atoms with Crippen molar-refractivity contribution in [1.82, 2.24) is 4.57 Å². The zero-order chi connectivity index (χ0) is 16.5. The van der Waals surface area contributed by atoms with Gasteiger partial charge in [0.15, 0.2) is 0 Å². The van der Waals surface area contributed by atoms with Crippen LogP contribution in [-0.4, -0.2) is 10.8 Å². The Balaban J connectivity index is 1.72. The molecule has 118 valence electrons. The third kappa shape index (κ3) is 2.77. The lowest BCUT2D eigenvalue weighted by Crippen LogP contribution is -2.14. The lowest BCUT2D eigenvalue weighted by atomic mass is 10.1. The van der Waals surface area contributed by atoms with Gasteiger partial charge in [-0.15, -0.1) is 12.6 Å². The fourth-order valence-electron chi connectivity index (χ4n) is 2.71. The lowest BCUT2D eigenvalue weighted by molar-refractivity contribution is 0.713. The molecule has 0 saturated carbocycles. The first-order valence-electron chi connectivity index (χ1n) is 7.54. The maximum Gasteiger partial charge on any atom is 0.308 e. The number of rotatable bonds is 3. The van der Waals surface area contributed by atoms with Crippen molar-refractivity contribution in [3.63, 3.8) is 0 Å². The van der Waals surface area contributed by atoms with Crippen LogP contribution in [-0.2, 0) is 6.54 Å². The number of hydrogen-bond acceptors (Lipinski definition) is 4. The molecular weight excluding hydrogens is 336 g/mol. The zero-order valence-corrected chi connectivity index (χ0v) is 14.4. The van der Waals surface area contributed by atoms with E-state index in [9.17, 15) is 4.79 Å². The second kappa shape index (κ2) is 6.26. The van der Waals surface area contributed by atoms with Crippen LogP contribution in [0.3, 0.4) is 0 Å². The SMILES string of the molecule is O=c1sc(/C=C2\C=Nc3ccccc32)c(S)n1Cc1ccccc1. The molecule has 3 aromatic rings. The Morgan fingerprint density at radius 1 is 1.08 bits per heavy atom. The molecule has 1 aromatic heterocycles. The van der Waals surface area contributed by atoms with Crippen molar-refractivity contribution in [3.8, 4) is 0 Å². The Morgan fingerprint density at radius 3 is 2.67 bits per heavy atom.